The highest BCUT2D eigenvalue weighted by atomic mass is 79.9. The molecule has 0 spiro atoms. The van der Waals surface area contributed by atoms with Gasteiger partial charge in [0.05, 0.1) is 5.56 Å². The Morgan fingerprint density at radius 1 is 1.37 bits per heavy atom. The number of phenolic OH excluding ortho intramolecular Hbond substituents is 2. The van der Waals surface area contributed by atoms with Crippen molar-refractivity contribution in [1.82, 2.24) is 4.90 Å². The highest BCUT2D eigenvalue weighted by Gasteiger charge is 2.28. The van der Waals surface area contributed by atoms with E-state index in [1.165, 1.54) is 18.2 Å². The largest absolute Gasteiger partial charge is 0.508 e. The smallest absolute Gasteiger partial charge is 0.257 e. The number of likely N-dealkylation sites (tertiary alicyclic amines) is 1. The second-order valence-electron chi connectivity index (χ2n) is 4.83. The summed E-state index contributed by atoms with van der Waals surface area (Å²) in [5.41, 5.74) is 0.182. The number of benzene rings is 1. The van der Waals surface area contributed by atoms with Crippen molar-refractivity contribution in [3.05, 3.63) is 23.8 Å². The van der Waals surface area contributed by atoms with E-state index in [9.17, 15) is 15.0 Å². The van der Waals surface area contributed by atoms with Crippen molar-refractivity contribution in [2.75, 3.05) is 11.9 Å². The van der Waals surface area contributed by atoms with Gasteiger partial charge in [0.1, 0.15) is 11.5 Å². The number of alkyl halides is 1. The minimum Gasteiger partial charge on any atom is -0.508 e. The zero-order valence-electron chi connectivity index (χ0n) is 10.7. The molecule has 0 bridgehead atoms. The fourth-order valence-corrected chi connectivity index (χ4v) is 3.07. The molecule has 2 N–H and O–H groups in total. The molecular formula is C14H18BrNO3. The number of amides is 1. The number of aromatic hydroxyl groups is 2. The van der Waals surface area contributed by atoms with E-state index >= 15 is 0 Å². The van der Waals surface area contributed by atoms with Crippen molar-refractivity contribution in [3.8, 4) is 11.5 Å². The van der Waals surface area contributed by atoms with E-state index < -0.39 is 0 Å². The molecule has 104 valence electrons. The Hall–Kier alpha value is -1.23. The van der Waals surface area contributed by atoms with Gasteiger partial charge < -0.3 is 15.1 Å². The van der Waals surface area contributed by atoms with E-state index in [-0.39, 0.29) is 29.0 Å². The summed E-state index contributed by atoms with van der Waals surface area (Å²) in [5.74, 6) is -0.278. The summed E-state index contributed by atoms with van der Waals surface area (Å²) in [6.07, 6.45) is 4.03. The maximum absolute atomic E-state index is 12.5. The molecule has 1 fully saturated rings. The molecular weight excluding hydrogens is 310 g/mol. The van der Waals surface area contributed by atoms with Crippen molar-refractivity contribution < 1.29 is 15.0 Å². The number of nitrogens with zero attached hydrogens (tertiary/aromatic N) is 1. The standard InChI is InChI=1S/C14H18BrNO3/c15-7-6-10-3-1-2-8-16(10)14(19)12-9-11(17)4-5-13(12)18/h4-5,9-10,17-18H,1-3,6-8H2. The van der Waals surface area contributed by atoms with Gasteiger partial charge in [-0.25, -0.2) is 0 Å². The summed E-state index contributed by atoms with van der Waals surface area (Å²) in [4.78, 5) is 14.3. The summed E-state index contributed by atoms with van der Waals surface area (Å²) >= 11 is 3.42. The van der Waals surface area contributed by atoms with E-state index in [0.717, 1.165) is 31.0 Å². The van der Waals surface area contributed by atoms with Gasteiger partial charge in [-0.2, -0.15) is 0 Å². The molecule has 4 nitrogen and oxygen atoms in total. The zero-order chi connectivity index (χ0) is 13.8. The number of rotatable bonds is 3. The molecule has 5 heteroatoms. The van der Waals surface area contributed by atoms with Crippen LogP contribution in [-0.4, -0.2) is 38.9 Å². The topological polar surface area (TPSA) is 60.8 Å². The molecule has 1 atom stereocenters. The van der Waals surface area contributed by atoms with Crippen molar-refractivity contribution in [2.45, 2.75) is 31.7 Å². The molecule has 1 amide bonds. The number of hydrogen-bond acceptors (Lipinski definition) is 3. The summed E-state index contributed by atoms with van der Waals surface area (Å²) in [5, 5.41) is 20.1. The normalized spacial score (nSPS) is 19.4. The first kappa shape index (κ1) is 14.2. The van der Waals surface area contributed by atoms with E-state index in [2.05, 4.69) is 15.9 Å². The molecule has 0 saturated carbocycles. The van der Waals surface area contributed by atoms with Crippen LogP contribution in [0.25, 0.3) is 0 Å². The fraction of sp³-hybridized carbons (Fsp3) is 0.500. The molecule has 1 saturated heterocycles. The van der Waals surface area contributed by atoms with E-state index in [0.29, 0.717) is 6.54 Å². The Labute approximate surface area is 121 Å². The molecule has 1 unspecified atom stereocenters. The average molecular weight is 328 g/mol. The first-order chi connectivity index (χ1) is 9.13. The van der Waals surface area contributed by atoms with Gasteiger partial charge in [-0.05, 0) is 43.9 Å². The lowest BCUT2D eigenvalue weighted by Crippen LogP contribution is -2.43. The minimum absolute atomic E-state index is 0.00444. The first-order valence-corrected chi connectivity index (χ1v) is 7.64. The van der Waals surface area contributed by atoms with Crippen LogP contribution in [0.4, 0.5) is 0 Å². The molecule has 1 aliphatic rings. The Balaban J connectivity index is 2.23. The van der Waals surface area contributed by atoms with Crippen LogP contribution in [0.5, 0.6) is 11.5 Å². The fourth-order valence-electron chi connectivity index (χ4n) is 2.54. The number of carbonyl (C=O) groups is 1. The van der Waals surface area contributed by atoms with E-state index in [4.69, 9.17) is 0 Å². The van der Waals surface area contributed by atoms with Crippen LogP contribution in [-0.2, 0) is 0 Å². The lowest BCUT2D eigenvalue weighted by atomic mass is 9.98. The van der Waals surface area contributed by atoms with Gasteiger partial charge in [-0.3, -0.25) is 4.79 Å². The van der Waals surface area contributed by atoms with Crippen LogP contribution in [0, 0.1) is 0 Å². The number of piperidine rings is 1. The van der Waals surface area contributed by atoms with Gasteiger partial charge in [-0.1, -0.05) is 15.9 Å². The minimum atomic E-state index is -0.195. The second kappa shape index (κ2) is 6.28. The molecule has 19 heavy (non-hydrogen) atoms. The summed E-state index contributed by atoms with van der Waals surface area (Å²) in [7, 11) is 0. The molecule has 1 aliphatic heterocycles. The second-order valence-corrected chi connectivity index (χ2v) is 5.62. The van der Waals surface area contributed by atoms with Gasteiger partial charge in [0.15, 0.2) is 0 Å². The number of carbonyl (C=O) groups excluding carboxylic acids is 1. The summed E-state index contributed by atoms with van der Waals surface area (Å²) < 4.78 is 0. The third kappa shape index (κ3) is 3.21. The number of phenols is 2. The van der Waals surface area contributed by atoms with E-state index in [1.807, 2.05) is 4.90 Å². The lowest BCUT2D eigenvalue weighted by molar-refractivity contribution is 0.0606. The van der Waals surface area contributed by atoms with Gasteiger partial charge >= 0.3 is 0 Å². The van der Waals surface area contributed by atoms with Crippen molar-refractivity contribution in [2.24, 2.45) is 0 Å². The predicted molar refractivity (Wildman–Crippen MR) is 76.9 cm³/mol. The first-order valence-electron chi connectivity index (χ1n) is 6.52. The summed E-state index contributed by atoms with van der Waals surface area (Å²) in [6.45, 7) is 0.714. The van der Waals surface area contributed by atoms with Crippen molar-refractivity contribution >= 4 is 21.8 Å². The maximum atomic E-state index is 12.5. The molecule has 0 radical (unpaired) electrons. The lowest BCUT2D eigenvalue weighted by Gasteiger charge is -2.35. The third-order valence-corrected chi connectivity index (χ3v) is 4.00. The molecule has 1 aromatic rings. The molecule has 2 rings (SSSR count). The Morgan fingerprint density at radius 2 is 2.16 bits per heavy atom. The maximum Gasteiger partial charge on any atom is 0.257 e. The Bertz CT molecular complexity index is 462. The van der Waals surface area contributed by atoms with Crippen LogP contribution < -0.4 is 0 Å². The van der Waals surface area contributed by atoms with Crippen LogP contribution >= 0.6 is 15.9 Å². The average Bonchev–Trinajstić information content (AvgIpc) is 2.42. The molecule has 0 aromatic heterocycles. The van der Waals surface area contributed by atoms with Gasteiger partial charge in [-0.15, -0.1) is 0 Å². The van der Waals surface area contributed by atoms with Crippen molar-refractivity contribution in [3.63, 3.8) is 0 Å². The number of hydrogen-bond donors (Lipinski definition) is 2. The number of halogens is 1. The third-order valence-electron chi connectivity index (χ3n) is 3.54. The monoisotopic (exact) mass is 327 g/mol. The van der Waals surface area contributed by atoms with Gasteiger partial charge in [0.25, 0.3) is 5.91 Å². The highest BCUT2D eigenvalue weighted by Crippen LogP contribution is 2.28. The highest BCUT2D eigenvalue weighted by molar-refractivity contribution is 9.09. The molecule has 1 heterocycles. The summed E-state index contributed by atoms with van der Waals surface area (Å²) in [6, 6.07) is 4.27. The van der Waals surface area contributed by atoms with Crippen molar-refractivity contribution in [1.29, 1.82) is 0 Å². The predicted octanol–water partition coefficient (Wildman–Crippen LogP) is 2.88. The quantitative estimate of drug-likeness (QED) is 0.662. The Kier molecular flexibility index (Phi) is 4.69. The van der Waals surface area contributed by atoms with Crippen LogP contribution in [0.1, 0.15) is 36.0 Å². The SMILES string of the molecule is O=C(c1cc(O)ccc1O)N1CCCCC1CCBr. The molecule has 1 aromatic carbocycles. The van der Waals surface area contributed by atoms with Gasteiger partial charge in [0.2, 0.25) is 0 Å². The van der Waals surface area contributed by atoms with Crippen LogP contribution in [0.2, 0.25) is 0 Å². The van der Waals surface area contributed by atoms with E-state index in [1.54, 1.807) is 0 Å². The van der Waals surface area contributed by atoms with Crippen LogP contribution in [0.3, 0.4) is 0 Å². The van der Waals surface area contributed by atoms with Gasteiger partial charge in [0, 0.05) is 17.9 Å². The van der Waals surface area contributed by atoms with Crippen LogP contribution in [0.15, 0.2) is 18.2 Å². The molecule has 0 aliphatic carbocycles. The Morgan fingerprint density at radius 3 is 2.89 bits per heavy atom. The zero-order valence-corrected chi connectivity index (χ0v) is 12.3.